The fraction of sp³-hybridized carbons (Fsp3) is 0.0667. The van der Waals surface area contributed by atoms with Gasteiger partial charge in [0.15, 0.2) is 5.82 Å². The molecular weight excluding hydrogens is 569 g/mol. The van der Waals surface area contributed by atoms with E-state index in [1.165, 1.54) is 49.4 Å². The van der Waals surface area contributed by atoms with E-state index >= 15 is 0 Å². The molecule has 8 aromatic rings. The van der Waals surface area contributed by atoms with Crippen molar-refractivity contribution in [1.82, 2.24) is 9.97 Å². The molecule has 1 aliphatic rings. The van der Waals surface area contributed by atoms with Crippen molar-refractivity contribution in [3.05, 3.63) is 169 Å². The molecule has 0 bridgehead atoms. The highest BCUT2D eigenvalue weighted by molar-refractivity contribution is 6.10. The van der Waals surface area contributed by atoms with Gasteiger partial charge in [0, 0.05) is 22.1 Å². The number of aromatic nitrogens is 2. The quantitative estimate of drug-likeness (QED) is 0.188. The molecule has 0 spiro atoms. The van der Waals surface area contributed by atoms with Crippen molar-refractivity contribution in [2.45, 2.75) is 19.3 Å². The second kappa shape index (κ2) is 10.6. The van der Waals surface area contributed by atoms with Crippen LogP contribution in [0.15, 0.2) is 158 Å². The zero-order valence-electron chi connectivity index (χ0n) is 26.4. The van der Waals surface area contributed by atoms with E-state index in [0.717, 1.165) is 39.5 Å². The summed E-state index contributed by atoms with van der Waals surface area (Å²) in [7, 11) is 0. The molecular formula is C45H32N2. The average molecular weight is 601 g/mol. The summed E-state index contributed by atoms with van der Waals surface area (Å²) >= 11 is 0. The smallest absolute Gasteiger partial charge is 0.160 e. The molecule has 2 heteroatoms. The Bertz CT molecular complexity index is 2480. The first-order chi connectivity index (χ1) is 23.0. The zero-order chi connectivity index (χ0) is 31.5. The molecule has 0 atom stereocenters. The van der Waals surface area contributed by atoms with Crippen LogP contribution >= 0.6 is 0 Å². The van der Waals surface area contributed by atoms with Crippen LogP contribution in [-0.4, -0.2) is 9.97 Å². The monoisotopic (exact) mass is 600 g/mol. The van der Waals surface area contributed by atoms with Gasteiger partial charge in [-0.15, -0.1) is 0 Å². The van der Waals surface area contributed by atoms with E-state index in [1.54, 1.807) is 0 Å². The van der Waals surface area contributed by atoms with Crippen LogP contribution in [0.1, 0.15) is 25.0 Å². The lowest BCUT2D eigenvalue weighted by molar-refractivity contribution is 0.661. The Morgan fingerprint density at radius 3 is 1.81 bits per heavy atom. The minimum absolute atomic E-state index is 0.0552. The molecule has 0 N–H and O–H groups in total. The molecule has 47 heavy (non-hydrogen) atoms. The van der Waals surface area contributed by atoms with Crippen LogP contribution in [0.3, 0.4) is 0 Å². The third kappa shape index (κ3) is 4.56. The van der Waals surface area contributed by atoms with Crippen LogP contribution in [0.25, 0.3) is 77.7 Å². The van der Waals surface area contributed by atoms with Gasteiger partial charge in [-0.25, -0.2) is 9.97 Å². The number of fused-ring (bicyclic) bond motifs is 6. The predicted molar refractivity (Wildman–Crippen MR) is 196 cm³/mol. The van der Waals surface area contributed by atoms with Crippen molar-refractivity contribution in [1.29, 1.82) is 0 Å². The number of hydrogen-bond acceptors (Lipinski definition) is 2. The molecule has 0 unspecified atom stereocenters. The minimum atomic E-state index is -0.0552. The van der Waals surface area contributed by atoms with Gasteiger partial charge in [-0.1, -0.05) is 141 Å². The number of rotatable bonds is 4. The van der Waals surface area contributed by atoms with Gasteiger partial charge in [0.2, 0.25) is 0 Å². The lowest BCUT2D eigenvalue weighted by Crippen LogP contribution is -2.14. The fourth-order valence-corrected chi connectivity index (χ4v) is 7.36. The fourth-order valence-electron chi connectivity index (χ4n) is 7.36. The van der Waals surface area contributed by atoms with Gasteiger partial charge in [0.1, 0.15) is 0 Å². The van der Waals surface area contributed by atoms with Crippen LogP contribution in [0.5, 0.6) is 0 Å². The topological polar surface area (TPSA) is 25.8 Å². The highest BCUT2D eigenvalue weighted by atomic mass is 14.9. The molecule has 2 nitrogen and oxygen atoms in total. The van der Waals surface area contributed by atoms with E-state index < -0.39 is 0 Å². The Kier molecular flexibility index (Phi) is 6.20. The van der Waals surface area contributed by atoms with E-state index in [2.05, 4.69) is 159 Å². The molecule has 0 fully saturated rings. The highest BCUT2D eigenvalue weighted by Crippen LogP contribution is 2.50. The predicted octanol–water partition coefficient (Wildman–Crippen LogP) is 11.8. The summed E-state index contributed by atoms with van der Waals surface area (Å²) in [6.45, 7) is 4.70. The Hall–Kier alpha value is -5.86. The van der Waals surface area contributed by atoms with Gasteiger partial charge in [-0.2, -0.15) is 0 Å². The molecule has 9 rings (SSSR count). The molecule has 0 saturated heterocycles. The lowest BCUT2D eigenvalue weighted by atomic mass is 9.81. The summed E-state index contributed by atoms with van der Waals surface area (Å²) in [5.74, 6) is 0.717. The standard InChI is InChI=1S/C45H32N2/c1-45(2)40-19-10-9-18-36(40)39-25-33-22-20-30-21-23-34(26-37(30)38(33)27-41(39)45)43-28-42(31-14-7-4-8-15-31)46-44(47-43)35-17-11-16-32(24-35)29-12-5-3-6-13-29/h3-28H,1-2H3. The first kappa shape index (κ1) is 27.5. The van der Waals surface area contributed by atoms with Crippen molar-refractivity contribution in [3.63, 3.8) is 0 Å². The molecule has 0 amide bonds. The Morgan fingerprint density at radius 2 is 1.00 bits per heavy atom. The molecule has 7 aromatic carbocycles. The Morgan fingerprint density at radius 1 is 0.383 bits per heavy atom. The maximum atomic E-state index is 5.22. The van der Waals surface area contributed by atoms with Crippen LogP contribution in [-0.2, 0) is 5.41 Å². The first-order valence-corrected chi connectivity index (χ1v) is 16.2. The Balaban J connectivity index is 1.23. The SMILES string of the molecule is CC1(C)c2ccccc2-c2cc3ccc4ccc(-c5cc(-c6ccccc6)nc(-c6cccc(-c7ccccc7)c6)n5)cc4c3cc21. The van der Waals surface area contributed by atoms with Crippen molar-refractivity contribution in [2.24, 2.45) is 0 Å². The van der Waals surface area contributed by atoms with E-state index in [4.69, 9.17) is 9.97 Å². The average Bonchev–Trinajstić information content (AvgIpc) is 3.36. The number of benzene rings is 7. The third-order valence-electron chi connectivity index (χ3n) is 9.86. The number of hydrogen-bond donors (Lipinski definition) is 0. The van der Waals surface area contributed by atoms with E-state index in [-0.39, 0.29) is 5.41 Å². The van der Waals surface area contributed by atoms with Gasteiger partial charge >= 0.3 is 0 Å². The van der Waals surface area contributed by atoms with E-state index in [9.17, 15) is 0 Å². The van der Waals surface area contributed by atoms with Crippen LogP contribution in [0.4, 0.5) is 0 Å². The summed E-state index contributed by atoms with van der Waals surface area (Å²) in [6.07, 6.45) is 0. The van der Waals surface area contributed by atoms with Crippen LogP contribution in [0, 0.1) is 0 Å². The largest absolute Gasteiger partial charge is 0.228 e. The molecule has 1 aliphatic carbocycles. The zero-order valence-corrected chi connectivity index (χ0v) is 26.4. The normalized spacial score (nSPS) is 13.1. The van der Waals surface area contributed by atoms with Gasteiger partial charge in [-0.3, -0.25) is 0 Å². The van der Waals surface area contributed by atoms with Gasteiger partial charge < -0.3 is 0 Å². The second-order valence-electron chi connectivity index (χ2n) is 13.1. The van der Waals surface area contributed by atoms with Crippen molar-refractivity contribution < 1.29 is 0 Å². The third-order valence-corrected chi connectivity index (χ3v) is 9.86. The van der Waals surface area contributed by atoms with Gasteiger partial charge in [0.25, 0.3) is 0 Å². The van der Waals surface area contributed by atoms with Crippen LogP contribution < -0.4 is 0 Å². The summed E-state index contributed by atoms with van der Waals surface area (Å²) < 4.78 is 0. The van der Waals surface area contributed by atoms with Crippen LogP contribution in [0.2, 0.25) is 0 Å². The summed E-state index contributed by atoms with van der Waals surface area (Å²) in [5, 5.41) is 4.99. The van der Waals surface area contributed by atoms with Crippen molar-refractivity contribution >= 4 is 21.5 Å². The molecule has 1 aromatic heterocycles. The molecule has 0 aliphatic heterocycles. The van der Waals surface area contributed by atoms with Gasteiger partial charge in [-0.05, 0) is 85.3 Å². The highest BCUT2D eigenvalue weighted by Gasteiger charge is 2.35. The minimum Gasteiger partial charge on any atom is -0.228 e. The molecule has 0 radical (unpaired) electrons. The van der Waals surface area contributed by atoms with E-state index in [1.807, 2.05) is 12.1 Å². The molecule has 1 heterocycles. The van der Waals surface area contributed by atoms with Crippen molar-refractivity contribution in [3.8, 4) is 56.2 Å². The molecule has 222 valence electrons. The second-order valence-corrected chi connectivity index (χ2v) is 13.1. The van der Waals surface area contributed by atoms with Crippen molar-refractivity contribution in [2.75, 3.05) is 0 Å². The summed E-state index contributed by atoms with van der Waals surface area (Å²) in [5.41, 5.74) is 12.7. The Labute approximate surface area is 275 Å². The summed E-state index contributed by atoms with van der Waals surface area (Å²) in [6, 6.07) is 56.5. The van der Waals surface area contributed by atoms with Gasteiger partial charge in [0.05, 0.1) is 11.4 Å². The van der Waals surface area contributed by atoms with E-state index in [0.29, 0.717) is 0 Å². The number of nitrogens with zero attached hydrogens (tertiary/aromatic N) is 2. The summed E-state index contributed by atoms with van der Waals surface area (Å²) in [4.78, 5) is 10.3. The lowest BCUT2D eigenvalue weighted by Gasteiger charge is -2.22. The maximum absolute atomic E-state index is 5.22. The maximum Gasteiger partial charge on any atom is 0.160 e. The first-order valence-electron chi connectivity index (χ1n) is 16.2. The molecule has 0 saturated carbocycles.